The zero-order valence-corrected chi connectivity index (χ0v) is 9.01. The molecular formula is C11H23NO. The van der Waals surface area contributed by atoms with Crippen molar-refractivity contribution in [3.05, 3.63) is 0 Å². The largest absolute Gasteiger partial charge is 0.381 e. The van der Waals surface area contributed by atoms with Crippen molar-refractivity contribution in [1.82, 2.24) is 5.32 Å². The lowest BCUT2D eigenvalue weighted by molar-refractivity contribution is 0.139. The summed E-state index contributed by atoms with van der Waals surface area (Å²) in [4.78, 5) is 0. The van der Waals surface area contributed by atoms with Gasteiger partial charge < -0.3 is 10.1 Å². The van der Waals surface area contributed by atoms with Crippen LogP contribution in [0.25, 0.3) is 0 Å². The van der Waals surface area contributed by atoms with Gasteiger partial charge in [0.05, 0.1) is 0 Å². The summed E-state index contributed by atoms with van der Waals surface area (Å²) in [5.41, 5.74) is 0. The van der Waals surface area contributed by atoms with Crippen LogP contribution in [0.5, 0.6) is 0 Å². The quantitative estimate of drug-likeness (QED) is 0.725. The normalized spacial score (nSPS) is 26.8. The van der Waals surface area contributed by atoms with Crippen LogP contribution in [0.3, 0.4) is 0 Å². The lowest BCUT2D eigenvalue weighted by atomic mass is 9.89. The van der Waals surface area contributed by atoms with Crippen LogP contribution in [0.1, 0.15) is 39.0 Å². The molecule has 0 aromatic rings. The van der Waals surface area contributed by atoms with Gasteiger partial charge in [-0.15, -0.1) is 0 Å². The highest BCUT2D eigenvalue weighted by molar-refractivity contribution is 4.76. The van der Waals surface area contributed by atoms with E-state index in [-0.39, 0.29) is 0 Å². The molecule has 1 N–H and O–H groups in total. The first-order chi connectivity index (χ1) is 6.38. The third-order valence-electron chi connectivity index (χ3n) is 3.04. The molecule has 13 heavy (non-hydrogen) atoms. The summed E-state index contributed by atoms with van der Waals surface area (Å²) >= 11 is 0. The van der Waals surface area contributed by atoms with E-state index in [1.807, 2.05) is 0 Å². The monoisotopic (exact) mass is 185 g/mol. The van der Waals surface area contributed by atoms with E-state index in [1.165, 1.54) is 32.1 Å². The maximum absolute atomic E-state index is 5.47. The Morgan fingerprint density at radius 3 is 2.92 bits per heavy atom. The van der Waals surface area contributed by atoms with Crippen molar-refractivity contribution in [2.45, 2.75) is 45.1 Å². The summed E-state index contributed by atoms with van der Waals surface area (Å²) < 4.78 is 5.47. The van der Waals surface area contributed by atoms with E-state index < -0.39 is 0 Å². The Morgan fingerprint density at radius 1 is 1.38 bits per heavy atom. The molecule has 2 atom stereocenters. The molecule has 0 spiro atoms. The predicted octanol–water partition coefficient (Wildman–Crippen LogP) is 2.19. The van der Waals surface area contributed by atoms with Crippen molar-refractivity contribution in [2.75, 3.05) is 20.3 Å². The smallest absolute Gasteiger partial charge is 0.0469 e. The molecule has 2 heteroatoms. The Morgan fingerprint density at radius 2 is 2.23 bits per heavy atom. The van der Waals surface area contributed by atoms with Crippen molar-refractivity contribution >= 4 is 0 Å². The molecule has 1 fully saturated rings. The van der Waals surface area contributed by atoms with Crippen LogP contribution < -0.4 is 5.32 Å². The maximum Gasteiger partial charge on any atom is 0.0469 e. The molecule has 78 valence electrons. The topological polar surface area (TPSA) is 21.3 Å². The minimum Gasteiger partial charge on any atom is -0.381 e. The van der Waals surface area contributed by atoms with Gasteiger partial charge >= 0.3 is 0 Å². The highest BCUT2D eigenvalue weighted by atomic mass is 16.5. The predicted molar refractivity (Wildman–Crippen MR) is 55.9 cm³/mol. The minimum atomic E-state index is 0.715. The third kappa shape index (κ3) is 3.65. The summed E-state index contributed by atoms with van der Waals surface area (Å²) in [6, 6.07) is 0.715. The van der Waals surface area contributed by atoms with Crippen LogP contribution in [-0.4, -0.2) is 26.3 Å². The second-order valence-corrected chi connectivity index (χ2v) is 3.99. The van der Waals surface area contributed by atoms with Crippen LogP contribution in [0.4, 0.5) is 0 Å². The Bertz CT molecular complexity index is 119. The first-order valence-electron chi connectivity index (χ1n) is 5.63. The van der Waals surface area contributed by atoms with Gasteiger partial charge in [0.25, 0.3) is 0 Å². The molecule has 1 rings (SSSR count). The minimum absolute atomic E-state index is 0.715. The van der Waals surface area contributed by atoms with E-state index in [0.29, 0.717) is 6.04 Å². The standard InChI is InChI=1S/C11H23NO/c1-3-5-11(12-2)10-6-4-8-13-9-7-10/h10-12H,3-9H2,1-2H3. The molecule has 1 saturated heterocycles. The Kier molecular flexibility index (Phi) is 5.40. The Hall–Kier alpha value is -0.0800. The molecule has 2 nitrogen and oxygen atoms in total. The molecule has 1 aliphatic rings. The van der Waals surface area contributed by atoms with Gasteiger partial charge in [0.2, 0.25) is 0 Å². The van der Waals surface area contributed by atoms with Crippen molar-refractivity contribution in [1.29, 1.82) is 0 Å². The van der Waals surface area contributed by atoms with Gasteiger partial charge in [-0.25, -0.2) is 0 Å². The van der Waals surface area contributed by atoms with Gasteiger partial charge in [-0.1, -0.05) is 13.3 Å². The van der Waals surface area contributed by atoms with Gasteiger partial charge in [-0.05, 0) is 38.6 Å². The zero-order valence-electron chi connectivity index (χ0n) is 9.01. The highest BCUT2D eigenvalue weighted by Gasteiger charge is 2.20. The van der Waals surface area contributed by atoms with E-state index in [0.717, 1.165) is 19.1 Å². The molecule has 0 aromatic heterocycles. The lowest BCUT2D eigenvalue weighted by Crippen LogP contribution is -2.33. The van der Waals surface area contributed by atoms with E-state index in [2.05, 4.69) is 19.3 Å². The number of hydrogen-bond acceptors (Lipinski definition) is 2. The molecule has 0 bridgehead atoms. The molecule has 2 unspecified atom stereocenters. The lowest BCUT2D eigenvalue weighted by Gasteiger charge is -2.24. The number of rotatable bonds is 4. The van der Waals surface area contributed by atoms with Gasteiger partial charge in [0, 0.05) is 19.3 Å². The first kappa shape index (κ1) is 11.0. The third-order valence-corrected chi connectivity index (χ3v) is 3.04. The average Bonchev–Trinajstić information content (AvgIpc) is 2.42. The Balaban J connectivity index is 2.35. The van der Waals surface area contributed by atoms with Gasteiger partial charge in [-0.3, -0.25) is 0 Å². The summed E-state index contributed by atoms with van der Waals surface area (Å²) in [5, 5.41) is 3.44. The van der Waals surface area contributed by atoms with Crippen LogP contribution in [-0.2, 0) is 4.74 Å². The van der Waals surface area contributed by atoms with E-state index in [9.17, 15) is 0 Å². The number of hydrogen-bond donors (Lipinski definition) is 1. The van der Waals surface area contributed by atoms with Gasteiger partial charge in [0.1, 0.15) is 0 Å². The number of nitrogens with one attached hydrogen (secondary N) is 1. The van der Waals surface area contributed by atoms with Crippen LogP contribution in [0.15, 0.2) is 0 Å². The van der Waals surface area contributed by atoms with Crippen molar-refractivity contribution in [2.24, 2.45) is 5.92 Å². The zero-order chi connectivity index (χ0) is 9.52. The second kappa shape index (κ2) is 6.39. The van der Waals surface area contributed by atoms with Gasteiger partial charge in [0.15, 0.2) is 0 Å². The fraction of sp³-hybridized carbons (Fsp3) is 1.00. The summed E-state index contributed by atoms with van der Waals surface area (Å²) in [5.74, 6) is 0.840. The van der Waals surface area contributed by atoms with Crippen molar-refractivity contribution in [3.8, 4) is 0 Å². The van der Waals surface area contributed by atoms with Crippen molar-refractivity contribution in [3.63, 3.8) is 0 Å². The molecule has 1 heterocycles. The molecule has 1 aliphatic heterocycles. The van der Waals surface area contributed by atoms with Crippen molar-refractivity contribution < 1.29 is 4.74 Å². The molecule has 0 aromatic carbocycles. The van der Waals surface area contributed by atoms with E-state index >= 15 is 0 Å². The first-order valence-corrected chi connectivity index (χ1v) is 5.63. The molecular weight excluding hydrogens is 162 g/mol. The molecule has 0 aliphatic carbocycles. The molecule has 0 radical (unpaired) electrons. The highest BCUT2D eigenvalue weighted by Crippen LogP contribution is 2.21. The fourth-order valence-electron chi connectivity index (χ4n) is 2.26. The average molecular weight is 185 g/mol. The maximum atomic E-state index is 5.47. The fourth-order valence-corrected chi connectivity index (χ4v) is 2.26. The van der Waals surface area contributed by atoms with Crippen LogP contribution in [0, 0.1) is 5.92 Å². The Labute approximate surface area is 82.0 Å². The second-order valence-electron chi connectivity index (χ2n) is 3.99. The van der Waals surface area contributed by atoms with Gasteiger partial charge in [-0.2, -0.15) is 0 Å². The van der Waals surface area contributed by atoms with E-state index in [1.54, 1.807) is 0 Å². The van der Waals surface area contributed by atoms with Crippen LogP contribution >= 0.6 is 0 Å². The summed E-state index contributed by atoms with van der Waals surface area (Å²) in [7, 11) is 2.09. The summed E-state index contributed by atoms with van der Waals surface area (Å²) in [6.07, 6.45) is 6.41. The SMILES string of the molecule is CCCC(NC)C1CCCOCC1. The molecule has 0 amide bonds. The number of ether oxygens (including phenoxy) is 1. The molecule has 0 saturated carbocycles. The van der Waals surface area contributed by atoms with Crippen LogP contribution in [0.2, 0.25) is 0 Å². The van der Waals surface area contributed by atoms with E-state index in [4.69, 9.17) is 4.74 Å². The summed E-state index contributed by atoms with van der Waals surface area (Å²) in [6.45, 7) is 4.20.